The van der Waals surface area contributed by atoms with E-state index in [2.05, 4.69) is 41.1 Å². The zero-order valence-electron chi connectivity index (χ0n) is 12.3. The molecule has 3 nitrogen and oxygen atoms in total. The molecule has 0 bridgehead atoms. The van der Waals surface area contributed by atoms with Gasteiger partial charge in [0.2, 0.25) is 0 Å². The summed E-state index contributed by atoms with van der Waals surface area (Å²) in [4.78, 5) is 9.51. The number of hydrogen-bond donors (Lipinski definition) is 1. The van der Waals surface area contributed by atoms with Crippen LogP contribution >= 0.6 is 15.9 Å². The van der Waals surface area contributed by atoms with Crippen molar-refractivity contribution in [2.45, 2.75) is 32.6 Å². The van der Waals surface area contributed by atoms with Gasteiger partial charge in [0.1, 0.15) is 5.82 Å². The molecule has 1 atom stereocenters. The van der Waals surface area contributed by atoms with Crippen LogP contribution in [0.4, 0.5) is 0 Å². The second-order valence-electron chi connectivity index (χ2n) is 5.80. The van der Waals surface area contributed by atoms with Crippen molar-refractivity contribution in [1.29, 1.82) is 0 Å². The molecule has 0 amide bonds. The Morgan fingerprint density at radius 2 is 2.19 bits per heavy atom. The van der Waals surface area contributed by atoms with Gasteiger partial charge in [-0.05, 0) is 61.9 Å². The van der Waals surface area contributed by atoms with Crippen molar-refractivity contribution in [3.8, 4) is 0 Å². The highest BCUT2D eigenvalue weighted by Crippen LogP contribution is 2.26. The quantitative estimate of drug-likeness (QED) is 0.929. The fourth-order valence-corrected chi connectivity index (χ4v) is 3.48. The summed E-state index contributed by atoms with van der Waals surface area (Å²) in [5.74, 6) is 1.52. The van der Waals surface area contributed by atoms with E-state index in [0.29, 0.717) is 5.92 Å². The molecular formula is C17H20BrN3. The molecule has 1 unspecified atom stereocenters. The minimum Gasteiger partial charge on any atom is -0.330 e. The average Bonchev–Trinajstić information content (AvgIpc) is 2.47. The van der Waals surface area contributed by atoms with E-state index in [-0.39, 0.29) is 0 Å². The van der Waals surface area contributed by atoms with Crippen LogP contribution in [0.25, 0.3) is 0 Å². The summed E-state index contributed by atoms with van der Waals surface area (Å²) in [6.45, 7) is 2.86. The lowest BCUT2D eigenvalue weighted by atomic mass is 9.86. The molecular weight excluding hydrogens is 326 g/mol. The average molecular weight is 346 g/mol. The van der Waals surface area contributed by atoms with E-state index in [0.717, 1.165) is 48.2 Å². The Bertz CT molecular complexity index is 654. The summed E-state index contributed by atoms with van der Waals surface area (Å²) in [7, 11) is 0. The smallest absolute Gasteiger partial charge is 0.133 e. The largest absolute Gasteiger partial charge is 0.330 e. The number of fused-ring (bicyclic) bond motifs is 1. The monoisotopic (exact) mass is 345 g/mol. The van der Waals surface area contributed by atoms with Crippen molar-refractivity contribution in [3.05, 3.63) is 57.1 Å². The Kier molecular flexibility index (Phi) is 4.36. The first kappa shape index (κ1) is 14.7. The van der Waals surface area contributed by atoms with Crippen LogP contribution in [0.3, 0.4) is 0 Å². The molecule has 0 aliphatic heterocycles. The minimum atomic E-state index is 0.593. The zero-order chi connectivity index (χ0) is 14.8. The molecule has 3 rings (SSSR count). The zero-order valence-corrected chi connectivity index (χ0v) is 13.9. The van der Waals surface area contributed by atoms with Gasteiger partial charge in [-0.3, -0.25) is 0 Å². The highest BCUT2D eigenvalue weighted by molar-refractivity contribution is 9.10. The van der Waals surface area contributed by atoms with Gasteiger partial charge in [0.15, 0.2) is 0 Å². The van der Waals surface area contributed by atoms with E-state index in [9.17, 15) is 0 Å². The van der Waals surface area contributed by atoms with Gasteiger partial charge in [0.05, 0.1) is 0 Å². The van der Waals surface area contributed by atoms with Crippen molar-refractivity contribution in [1.82, 2.24) is 9.97 Å². The van der Waals surface area contributed by atoms with Crippen molar-refractivity contribution in [2.75, 3.05) is 6.54 Å². The molecule has 1 aromatic carbocycles. The predicted molar refractivity (Wildman–Crippen MR) is 88.3 cm³/mol. The molecule has 4 heteroatoms. The molecule has 0 saturated heterocycles. The highest BCUT2D eigenvalue weighted by Gasteiger charge is 2.21. The second kappa shape index (κ2) is 6.24. The van der Waals surface area contributed by atoms with Crippen LogP contribution < -0.4 is 5.73 Å². The summed E-state index contributed by atoms with van der Waals surface area (Å²) in [6.07, 6.45) is 4.00. The molecule has 1 aliphatic rings. The Morgan fingerprint density at radius 1 is 1.33 bits per heavy atom. The van der Waals surface area contributed by atoms with Gasteiger partial charge in [-0.25, -0.2) is 9.97 Å². The second-order valence-corrected chi connectivity index (χ2v) is 6.72. The van der Waals surface area contributed by atoms with Crippen LogP contribution in [0, 0.1) is 12.8 Å². The number of halogens is 1. The molecule has 110 valence electrons. The number of nitrogens with zero attached hydrogens (tertiary/aromatic N) is 2. The Labute approximate surface area is 134 Å². The van der Waals surface area contributed by atoms with Gasteiger partial charge in [0, 0.05) is 22.3 Å². The fraction of sp³-hybridized carbons (Fsp3) is 0.412. The van der Waals surface area contributed by atoms with E-state index in [1.54, 1.807) is 0 Å². The molecule has 0 saturated carbocycles. The van der Waals surface area contributed by atoms with Crippen molar-refractivity contribution in [2.24, 2.45) is 11.7 Å². The first-order chi connectivity index (χ1) is 10.2. The van der Waals surface area contributed by atoms with E-state index >= 15 is 0 Å². The lowest BCUT2D eigenvalue weighted by Crippen LogP contribution is -2.24. The van der Waals surface area contributed by atoms with E-state index in [4.69, 9.17) is 15.7 Å². The third-order valence-electron chi connectivity index (χ3n) is 4.21. The van der Waals surface area contributed by atoms with Crippen LogP contribution in [-0.2, 0) is 19.3 Å². The molecule has 21 heavy (non-hydrogen) atoms. The molecule has 0 radical (unpaired) electrons. The van der Waals surface area contributed by atoms with Crippen molar-refractivity contribution >= 4 is 15.9 Å². The van der Waals surface area contributed by atoms with Crippen molar-refractivity contribution < 1.29 is 0 Å². The van der Waals surface area contributed by atoms with Gasteiger partial charge in [0.25, 0.3) is 0 Å². The number of aromatic nitrogens is 2. The summed E-state index contributed by atoms with van der Waals surface area (Å²) >= 11 is 3.51. The molecule has 1 heterocycles. The van der Waals surface area contributed by atoms with Gasteiger partial charge in [-0.1, -0.05) is 28.1 Å². The van der Waals surface area contributed by atoms with Crippen LogP contribution in [0.1, 0.15) is 34.8 Å². The summed E-state index contributed by atoms with van der Waals surface area (Å²) in [6, 6.07) is 8.34. The fourth-order valence-electron chi connectivity index (χ4n) is 3.03. The first-order valence-corrected chi connectivity index (χ1v) is 8.24. The van der Waals surface area contributed by atoms with E-state index in [1.165, 1.54) is 16.8 Å². The number of hydrogen-bond acceptors (Lipinski definition) is 3. The van der Waals surface area contributed by atoms with Gasteiger partial charge >= 0.3 is 0 Å². The maximum absolute atomic E-state index is 5.81. The number of rotatable bonds is 3. The SMILES string of the molecule is Cc1nc(Cc2cccc(Br)c2)nc2c1CC(CN)CC2. The third kappa shape index (κ3) is 3.33. The first-order valence-electron chi connectivity index (χ1n) is 7.45. The molecule has 1 aliphatic carbocycles. The van der Waals surface area contributed by atoms with E-state index < -0.39 is 0 Å². The lowest BCUT2D eigenvalue weighted by molar-refractivity contribution is 0.458. The number of aryl methyl sites for hydroxylation is 2. The number of benzene rings is 1. The molecule has 0 fully saturated rings. The highest BCUT2D eigenvalue weighted by atomic mass is 79.9. The summed E-state index contributed by atoms with van der Waals surface area (Å²) in [5, 5.41) is 0. The molecule has 2 aromatic rings. The Balaban J connectivity index is 1.87. The minimum absolute atomic E-state index is 0.593. The number of nitrogens with two attached hydrogens (primary N) is 1. The topological polar surface area (TPSA) is 51.8 Å². The Morgan fingerprint density at radius 3 is 2.95 bits per heavy atom. The van der Waals surface area contributed by atoms with Crippen LogP contribution in [0.2, 0.25) is 0 Å². The standard InChI is InChI=1S/C17H20BrN3/c1-11-15-8-13(10-19)5-6-16(15)21-17(20-11)9-12-3-2-4-14(18)7-12/h2-4,7,13H,5-6,8-10,19H2,1H3. The normalized spacial score (nSPS) is 17.6. The van der Waals surface area contributed by atoms with Gasteiger partial charge < -0.3 is 5.73 Å². The summed E-state index contributed by atoms with van der Waals surface area (Å²) in [5.41, 5.74) is 10.7. The lowest BCUT2D eigenvalue weighted by Gasteiger charge is -2.24. The van der Waals surface area contributed by atoms with Gasteiger partial charge in [-0.15, -0.1) is 0 Å². The summed E-state index contributed by atoms with van der Waals surface area (Å²) < 4.78 is 1.10. The maximum Gasteiger partial charge on any atom is 0.133 e. The molecule has 1 aromatic heterocycles. The van der Waals surface area contributed by atoms with Crippen LogP contribution in [0.15, 0.2) is 28.7 Å². The van der Waals surface area contributed by atoms with Crippen LogP contribution in [0.5, 0.6) is 0 Å². The maximum atomic E-state index is 5.81. The van der Waals surface area contributed by atoms with Gasteiger partial charge in [-0.2, -0.15) is 0 Å². The predicted octanol–water partition coefficient (Wildman–Crippen LogP) is 3.20. The van der Waals surface area contributed by atoms with E-state index in [1.807, 2.05) is 6.07 Å². The van der Waals surface area contributed by atoms with Crippen LogP contribution in [-0.4, -0.2) is 16.5 Å². The molecule has 0 spiro atoms. The van der Waals surface area contributed by atoms with Crippen molar-refractivity contribution in [3.63, 3.8) is 0 Å². The Hall–Kier alpha value is -1.26. The molecule has 2 N–H and O–H groups in total. The third-order valence-corrected chi connectivity index (χ3v) is 4.71.